The number of hydrogen-bond acceptors (Lipinski definition) is 5. The molecule has 2 N–H and O–H groups in total. The van der Waals surface area contributed by atoms with Crippen molar-refractivity contribution in [3.8, 4) is 0 Å². The Morgan fingerprint density at radius 1 is 1.25 bits per heavy atom. The lowest BCUT2D eigenvalue weighted by molar-refractivity contribution is -0.149. The summed E-state index contributed by atoms with van der Waals surface area (Å²) in [6.07, 6.45) is 6.59. The minimum Gasteiger partial charge on any atom is -0.365 e. The molecule has 8 heteroatoms. The van der Waals surface area contributed by atoms with Gasteiger partial charge in [0.15, 0.2) is 5.82 Å². The number of likely N-dealkylation sites (tertiary alicyclic amines) is 1. The Kier molecular flexibility index (Phi) is 5.96. The minimum atomic E-state index is -0.247. The number of H-pyrrole nitrogens is 1. The number of carbonyl (C=O) groups excluding carboxylic acids is 2. The van der Waals surface area contributed by atoms with Gasteiger partial charge in [-0.1, -0.05) is 0 Å². The molecule has 0 radical (unpaired) electrons. The van der Waals surface area contributed by atoms with Gasteiger partial charge < -0.3 is 24.8 Å². The number of piperidine rings is 1. The summed E-state index contributed by atoms with van der Waals surface area (Å²) in [4.78, 5) is 35.9. The third-order valence-electron chi connectivity index (χ3n) is 6.03. The first-order valence-corrected chi connectivity index (χ1v) is 10.5. The van der Waals surface area contributed by atoms with E-state index in [1.165, 1.54) is 19.4 Å². The fourth-order valence-electron chi connectivity index (χ4n) is 4.13. The molecule has 28 heavy (non-hydrogen) atoms. The minimum absolute atomic E-state index is 0.0599. The second-order valence-corrected chi connectivity index (χ2v) is 8.54. The van der Waals surface area contributed by atoms with E-state index < -0.39 is 0 Å². The first-order chi connectivity index (χ1) is 13.6. The zero-order valence-corrected chi connectivity index (χ0v) is 16.7. The van der Waals surface area contributed by atoms with Crippen LogP contribution < -0.4 is 5.32 Å². The van der Waals surface area contributed by atoms with E-state index in [0.29, 0.717) is 24.8 Å². The highest BCUT2D eigenvalue weighted by Gasteiger charge is 2.31. The molecule has 4 rings (SSSR count). The summed E-state index contributed by atoms with van der Waals surface area (Å²) < 4.78 is 5.62. The Morgan fingerprint density at radius 2 is 2.00 bits per heavy atom. The van der Waals surface area contributed by atoms with Crippen LogP contribution in [0.3, 0.4) is 0 Å². The van der Waals surface area contributed by atoms with Crippen molar-refractivity contribution >= 4 is 11.8 Å². The quantitative estimate of drug-likeness (QED) is 0.720. The molecule has 2 amide bonds. The van der Waals surface area contributed by atoms with Crippen molar-refractivity contribution in [2.45, 2.75) is 38.7 Å². The number of aromatic nitrogens is 2. The van der Waals surface area contributed by atoms with Crippen LogP contribution in [0.4, 0.5) is 0 Å². The number of imidazole rings is 1. The molecule has 0 spiro atoms. The van der Waals surface area contributed by atoms with E-state index in [2.05, 4.69) is 20.2 Å². The van der Waals surface area contributed by atoms with E-state index in [4.69, 9.17) is 4.74 Å². The Balaban J connectivity index is 1.21. The highest BCUT2D eigenvalue weighted by atomic mass is 16.5. The van der Waals surface area contributed by atoms with Gasteiger partial charge in [-0.3, -0.25) is 9.59 Å². The van der Waals surface area contributed by atoms with Crippen molar-refractivity contribution in [3.05, 3.63) is 17.7 Å². The van der Waals surface area contributed by atoms with Gasteiger partial charge in [-0.25, -0.2) is 4.98 Å². The van der Waals surface area contributed by atoms with Gasteiger partial charge in [0.25, 0.3) is 5.91 Å². The number of aryl methyl sites for hydroxylation is 1. The van der Waals surface area contributed by atoms with Crippen molar-refractivity contribution in [1.82, 2.24) is 25.1 Å². The van der Waals surface area contributed by atoms with Gasteiger partial charge >= 0.3 is 0 Å². The summed E-state index contributed by atoms with van der Waals surface area (Å²) in [5.74, 6) is 1.63. The zero-order chi connectivity index (χ0) is 19.5. The van der Waals surface area contributed by atoms with Crippen LogP contribution in [0.1, 0.15) is 42.0 Å². The predicted octanol–water partition coefficient (Wildman–Crippen LogP) is 0.797. The van der Waals surface area contributed by atoms with Crippen molar-refractivity contribution in [2.24, 2.45) is 11.8 Å². The maximum Gasteiger partial charge on any atom is 0.287 e. The van der Waals surface area contributed by atoms with Gasteiger partial charge in [-0.15, -0.1) is 0 Å². The lowest BCUT2D eigenvalue weighted by Gasteiger charge is -2.38. The van der Waals surface area contributed by atoms with Crippen LogP contribution in [0.25, 0.3) is 0 Å². The van der Waals surface area contributed by atoms with Gasteiger partial charge in [0.1, 0.15) is 6.61 Å². The molecule has 1 aliphatic carbocycles. The van der Waals surface area contributed by atoms with Crippen LogP contribution >= 0.6 is 0 Å². The van der Waals surface area contributed by atoms with E-state index in [9.17, 15) is 9.59 Å². The van der Waals surface area contributed by atoms with Crippen molar-refractivity contribution < 1.29 is 14.3 Å². The third-order valence-corrected chi connectivity index (χ3v) is 6.03. The van der Waals surface area contributed by atoms with Crippen LogP contribution in [-0.2, 0) is 9.53 Å². The second kappa shape index (κ2) is 8.61. The predicted molar refractivity (Wildman–Crippen MR) is 104 cm³/mol. The highest BCUT2D eigenvalue weighted by Crippen LogP contribution is 2.31. The van der Waals surface area contributed by atoms with Crippen molar-refractivity contribution in [1.29, 1.82) is 0 Å². The number of ether oxygens (including phenoxy) is 1. The number of nitrogens with zero attached hydrogens (tertiary/aromatic N) is 3. The molecule has 2 aliphatic heterocycles. The van der Waals surface area contributed by atoms with Crippen LogP contribution in [0.5, 0.6) is 0 Å². The highest BCUT2D eigenvalue weighted by molar-refractivity contribution is 5.90. The summed E-state index contributed by atoms with van der Waals surface area (Å²) in [5, 5.41) is 2.85. The molecule has 1 aromatic rings. The van der Waals surface area contributed by atoms with E-state index in [1.54, 1.807) is 6.20 Å². The molecule has 154 valence electrons. The average Bonchev–Trinajstić information content (AvgIpc) is 3.40. The van der Waals surface area contributed by atoms with Crippen LogP contribution in [0, 0.1) is 18.8 Å². The summed E-state index contributed by atoms with van der Waals surface area (Å²) in [6, 6.07) is 0. The second-order valence-electron chi connectivity index (χ2n) is 8.54. The Labute approximate surface area is 166 Å². The number of nitrogens with one attached hydrogen (secondary N) is 2. The Hall–Kier alpha value is -1.93. The molecule has 1 unspecified atom stereocenters. The number of aromatic amines is 1. The molecule has 8 nitrogen and oxygen atoms in total. The maximum absolute atomic E-state index is 12.3. The van der Waals surface area contributed by atoms with E-state index in [0.717, 1.165) is 44.1 Å². The molecule has 0 bridgehead atoms. The lowest BCUT2D eigenvalue weighted by atomic mass is 9.95. The molecule has 3 heterocycles. The third kappa shape index (κ3) is 5.11. The number of carbonyl (C=O) groups is 2. The van der Waals surface area contributed by atoms with Gasteiger partial charge in [0.05, 0.1) is 6.10 Å². The number of hydrogen-bond donors (Lipinski definition) is 2. The topological polar surface area (TPSA) is 90.6 Å². The molecular formula is C20H31N5O3. The molecule has 1 aromatic heterocycles. The molecule has 1 saturated carbocycles. The van der Waals surface area contributed by atoms with Gasteiger partial charge in [0.2, 0.25) is 5.91 Å². The van der Waals surface area contributed by atoms with Crippen LogP contribution in [0.2, 0.25) is 0 Å². The van der Waals surface area contributed by atoms with Crippen LogP contribution in [-0.4, -0.2) is 83.6 Å². The molecule has 3 aliphatic rings. The fraction of sp³-hybridized carbons (Fsp3) is 0.750. The zero-order valence-electron chi connectivity index (χ0n) is 16.7. The van der Waals surface area contributed by atoms with E-state index in [1.807, 2.05) is 11.8 Å². The molecule has 0 aromatic carbocycles. The maximum atomic E-state index is 12.3. The number of morpholine rings is 1. The summed E-state index contributed by atoms with van der Waals surface area (Å²) in [5.41, 5.74) is 0.846. The largest absolute Gasteiger partial charge is 0.365 e. The first kappa shape index (κ1) is 19.4. The molecular weight excluding hydrogens is 358 g/mol. The SMILES string of the molecule is Cc1cnc(C(=O)NCC2CN(CC3CCN(CC4CC4)CC3)C(=O)CO2)[nH]1. The normalized spacial score (nSPS) is 24.5. The first-order valence-electron chi connectivity index (χ1n) is 10.5. The monoisotopic (exact) mass is 389 g/mol. The summed E-state index contributed by atoms with van der Waals surface area (Å²) in [6.45, 7) is 7.25. The number of amides is 2. The summed E-state index contributed by atoms with van der Waals surface area (Å²) >= 11 is 0. The molecule has 2 saturated heterocycles. The van der Waals surface area contributed by atoms with Crippen LogP contribution in [0.15, 0.2) is 6.20 Å². The molecule has 3 fully saturated rings. The lowest BCUT2D eigenvalue weighted by Crippen LogP contribution is -2.52. The fourth-order valence-corrected chi connectivity index (χ4v) is 4.13. The van der Waals surface area contributed by atoms with Crippen molar-refractivity contribution in [3.63, 3.8) is 0 Å². The Morgan fingerprint density at radius 3 is 2.68 bits per heavy atom. The standard InChI is InChI=1S/C20H31N5O3/c1-14-8-21-19(23-14)20(27)22-9-17-12-25(18(26)13-28-17)11-16-4-6-24(7-5-16)10-15-2-3-15/h8,15-17H,2-7,9-13H2,1H3,(H,21,23)(H,22,27). The smallest absolute Gasteiger partial charge is 0.287 e. The number of rotatable bonds is 7. The van der Waals surface area contributed by atoms with E-state index in [-0.39, 0.29) is 24.5 Å². The van der Waals surface area contributed by atoms with Gasteiger partial charge in [-0.2, -0.15) is 0 Å². The van der Waals surface area contributed by atoms with Gasteiger partial charge in [0, 0.05) is 38.1 Å². The molecule has 1 atom stereocenters. The van der Waals surface area contributed by atoms with E-state index >= 15 is 0 Å². The summed E-state index contributed by atoms with van der Waals surface area (Å²) in [7, 11) is 0. The average molecular weight is 390 g/mol. The van der Waals surface area contributed by atoms with Gasteiger partial charge in [-0.05, 0) is 57.5 Å². The Bertz CT molecular complexity index is 694. The van der Waals surface area contributed by atoms with Crippen molar-refractivity contribution in [2.75, 3.05) is 45.9 Å².